The van der Waals surface area contributed by atoms with E-state index in [0.717, 1.165) is 17.3 Å². The molecule has 1 aliphatic rings. The monoisotopic (exact) mass is 403 g/mol. The molecule has 1 aromatic carbocycles. The Bertz CT molecular complexity index is 836. The lowest BCUT2D eigenvalue weighted by Crippen LogP contribution is -2.40. The highest BCUT2D eigenvalue weighted by atomic mass is 19.1. The Morgan fingerprint density at radius 1 is 1.24 bits per heavy atom. The Balaban J connectivity index is 1.90. The van der Waals surface area contributed by atoms with Gasteiger partial charge in [-0.2, -0.15) is 0 Å². The summed E-state index contributed by atoms with van der Waals surface area (Å²) in [6, 6.07) is 6.35. The van der Waals surface area contributed by atoms with Crippen molar-refractivity contribution in [3.8, 4) is 0 Å². The second-order valence-corrected chi connectivity index (χ2v) is 8.62. The van der Waals surface area contributed by atoms with E-state index in [1.807, 2.05) is 0 Å². The van der Waals surface area contributed by atoms with Crippen molar-refractivity contribution in [2.75, 3.05) is 25.1 Å². The molecule has 29 heavy (non-hydrogen) atoms. The van der Waals surface area contributed by atoms with Crippen molar-refractivity contribution in [3.63, 3.8) is 0 Å². The molecular weight excluding hydrogens is 373 g/mol. The molecule has 0 aliphatic carbocycles. The summed E-state index contributed by atoms with van der Waals surface area (Å²) in [6.45, 7) is 8.18. The number of piperidine rings is 1. The number of methoxy groups -OCH3 is 1. The van der Waals surface area contributed by atoms with Gasteiger partial charge in [-0.1, -0.05) is 32.9 Å². The third kappa shape index (κ3) is 4.75. The smallest absolute Gasteiger partial charge is 0.227 e. The van der Waals surface area contributed by atoms with Gasteiger partial charge in [-0.05, 0) is 30.5 Å². The zero-order valence-electron chi connectivity index (χ0n) is 17.6. The van der Waals surface area contributed by atoms with Crippen molar-refractivity contribution in [2.24, 2.45) is 11.7 Å². The van der Waals surface area contributed by atoms with Gasteiger partial charge in [0.1, 0.15) is 17.7 Å². The minimum Gasteiger partial charge on any atom is -0.375 e. The number of anilines is 1. The van der Waals surface area contributed by atoms with Crippen LogP contribution >= 0.6 is 0 Å². The summed E-state index contributed by atoms with van der Waals surface area (Å²) in [5.41, 5.74) is 6.15. The molecule has 7 nitrogen and oxygen atoms in total. The number of hydrogen-bond acceptors (Lipinski definition) is 5. The molecule has 2 aromatic rings. The number of hydrogen-bond donors (Lipinski definition) is 1. The van der Waals surface area contributed by atoms with E-state index in [2.05, 4.69) is 40.4 Å². The number of benzene rings is 1. The van der Waals surface area contributed by atoms with Crippen molar-refractivity contribution in [3.05, 3.63) is 41.5 Å². The van der Waals surface area contributed by atoms with Crippen LogP contribution in [0.1, 0.15) is 51.1 Å². The summed E-state index contributed by atoms with van der Waals surface area (Å²) in [6.07, 6.45) is 1.15. The third-order valence-electron chi connectivity index (χ3n) is 5.46. The summed E-state index contributed by atoms with van der Waals surface area (Å²) in [5, 5.41) is 8.95. The molecule has 1 aliphatic heterocycles. The normalized spacial score (nSPS) is 16.8. The number of carbonyl (C=O) groups excluding carboxylic acids is 1. The lowest BCUT2D eigenvalue weighted by molar-refractivity contribution is -0.122. The fourth-order valence-electron chi connectivity index (χ4n) is 3.78. The van der Waals surface area contributed by atoms with Gasteiger partial charge >= 0.3 is 0 Å². The summed E-state index contributed by atoms with van der Waals surface area (Å²) in [7, 11) is 1.65. The predicted octanol–water partition coefficient (Wildman–Crippen LogP) is 2.80. The van der Waals surface area contributed by atoms with Gasteiger partial charge in [0.2, 0.25) is 11.9 Å². The molecule has 0 radical (unpaired) electrons. The molecule has 2 heterocycles. The summed E-state index contributed by atoms with van der Waals surface area (Å²) >= 11 is 0. The number of amides is 1. The number of rotatable bonds is 6. The fourth-order valence-corrected chi connectivity index (χ4v) is 3.78. The van der Waals surface area contributed by atoms with E-state index in [9.17, 15) is 9.18 Å². The quantitative estimate of drug-likeness (QED) is 0.802. The number of halogens is 1. The second-order valence-electron chi connectivity index (χ2n) is 8.62. The Kier molecular flexibility index (Phi) is 6.21. The molecule has 8 heteroatoms. The lowest BCUT2D eigenvalue weighted by Gasteiger charge is -2.32. The molecule has 1 aromatic heterocycles. The summed E-state index contributed by atoms with van der Waals surface area (Å²) in [5.74, 6) is 1.02. The Hall–Kier alpha value is -2.48. The lowest BCUT2D eigenvalue weighted by atomic mass is 9.95. The molecule has 1 amide bonds. The van der Waals surface area contributed by atoms with Crippen LogP contribution in [0.25, 0.3) is 0 Å². The minimum atomic E-state index is -0.277. The average Bonchev–Trinajstić information content (AvgIpc) is 3.11. The third-order valence-corrected chi connectivity index (χ3v) is 5.46. The molecule has 158 valence electrons. The molecule has 1 fully saturated rings. The van der Waals surface area contributed by atoms with Gasteiger partial charge in [-0.25, -0.2) is 4.39 Å². The van der Waals surface area contributed by atoms with Crippen molar-refractivity contribution in [2.45, 2.75) is 51.7 Å². The molecule has 1 unspecified atom stereocenters. The molecule has 3 rings (SSSR count). The van der Waals surface area contributed by atoms with Crippen LogP contribution in [0, 0.1) is 11.7 Å². The summed E-state index contributed by atoms with van der Waals surface area (Å²) in [4.78, 5) is 13.6. The van der Waals surface area contributed by atoms with Crippen LogP contribution in [0.2, 0.25) is 0 Å². The van der Waals surface area contributed by atoms with Crippen LogP contribution in [-0.4, -0.2) is 40.9 Å². The van der Waals surface area contributed by atoms with Crippen LogP contribution < -0.4 is 10.6 Å². The zero-order chi connectivity index (χ0) is 21.2. The topological polar surface area (TPSA) is 86.3 Å². The molecule has 1 saturated heterocycles. The maximum absolute atomic E-state index is 13.3. The molecule has 2 N–H and O–H groups in total. The van der Waals surface area contributed by atoms with Crippen molar-refractivity contribution >= 4 is 11.9 Å². The van der Waals surface area contributed by atoms with Crippen LogP contribution in [-0.2, 0) is 21.5 Å². The Morgan fingerprint density at radius 2 is 1.86 bits per heavy atom. The number of nitrogens with two attached hydrogens (primary N) is 1. The van der Waals surface area contributed by atoms with Crippen LogP contribution in [0.15, 0.2) is 24.3 Å². The minimum absolute atomic E-state index is 0.0874. The highest BCUT2D eigenvalue weighted by molar-refractivity contribution is 5.76. The van der Waals surface area contributed by atoms with E-state index in [0.29, 0.717) is 32.5 Å². The number of primary amides is 1. The maximum Gasteiger partial charge on any atom is 0.227 e. The second kappa shape index (κ2) is 8.49. The first-order valence-electron chi connectivity index (χ1n) is 9.97. The predicted molar refractivity (Wildman–Crippen MR) is 109 cm³/mol. The van der Waals surface area contributed by atoms with Crippen molar-refractivity contribution < 1.29 is 13.9 Å². The van der Waals surface area contributed by atoms with E-state index in [-0.39, 0.29) is 29.2 Å². The zero-order valence-corrected chi connectivity index (χ0v) is 17.6. The van der Waals surface area contributed by atoms with E-state index in [4.69, 9.17) is 10.5 Å². The Labute approximate surface area is 171 Å². The molecule has 0 bridgehead atoms. The van der Waals surface area contributed by atoms with Crippen LogP contribution in [0.5, 0.6) is 0 Å². The standard InChI is InChI=1S/C21H30FN5O2/c1-21(2,3)19-24-25-20(26-11-9-15(10-12-26)18(23)28)27(19)13-17(29-4)14-5-7-16(22)8-6-14/h5-8,15,17H,9-13H2,1-4H3,(H2,23,28). The first-order chi connectivity index (χ1) is 13.7. The molecular formula is C21H30FN5O2. The number of carbonyl (C=O) groups is 1. The fraction of sp³-hybridized carbons (Fsp3) is 0.571. The van der Waals surface area contributed by atoms with Gasteiger partial charge in [0, 0.05) is 31.5 Å². The molecule has 0 spiro atoms. The van der Waals surface area contributed by atoms with Gasteiger partial charge in [0.15, 0.2) is 0 Å². The number of aromatic nitrogens is 3. The van der Waals surface area contributed by atoms with E-state index in [1.165, 1.54) is 12.1 Å². The SMILES string of the molecule is COC(Cn1c(N2CCC(C(N)=O)CC2)nnc1C(C)(C)C)c1ccc(F)cc1. The van der Waals surface area contributed by atoms with Gasteiger partial charge in [-0.3, -0.25) is 9.36 Å². The van der Waals surface area contributed by atoms with Gasteiger partial charge < -0.3 is 15.4 Å². The first kappa shape index (κ1) is 21.2. The largest absolute Gasteiger partial charge is 0.375 e. The van der Waals surface area contributed by atoms with E-state index in [1.54, 1.807) is 19.2 Å². The Morgan fingerprint density at radius 3 is 2.38 bits per heavy atom. The number of nitrogens with zero attached hydrogens (tertiary/aromatic N) is 4. The van der Waals surface area contributed by atoms with Crippen LogP contribution in [0.4, 0.5) is 10.3 Å². The first-order valence-corrected chi connectivity index (χ1v) is 9.97. The molecule has 1 atom stereocenters. The van der Waals surface area contributed by atoms with E-state index >= 15 is 0 Å². The highest BCUT2D eigenvalue weighted by Crippen LogP contribution is 2.30. The van der Waals surface area contributed by atoms with Gasteiger partial charge in [0.25, 0.3) is 0 Å². The average molecular weight is 404 g/mol. The van der Waals surface area contributed by atoms with Gasteiger partial charge in [-0.15, -0.1) is 10.2 Å². The van der Waals surface area contributed by atoms with Gasteiger partial charge in [0.05, 0.1) is 6.54 Å². The van der Waals surface area contributed by atoms with E-state index < -0.39 is 0 Å². The highest BCUT2D eigenvalue weighted by Gasteiger charge is 2.31. The molecule has 0 saturated carbocycles. The number of ether oxygens (including phenoxy) is 1. The summed E-state index contributed by atoms with van der Waals surface area (Å²) < 4.78 is 21.2. The van der Waals surface area contributed by atoms with Crippen molar-refractivity contribution in [1.82, 2.24) is 14.8 Å². The van der Waals surface area contributed by atoms with Crippen LogP contribution in [0.3, 0.4) is 0 Å². The van der Waals surface area contributed by atoms with Crippen molar-refractivity contribution in [1.29, 1.82) is 0 Å². The maximum atomic E-state index is 13.3.